The monoisotopic (exact) mass is 1050 g/mol. The van der Waals surface area contributed by atoms with Crippen LogP contribution in [0.1, 0.15) is 11.1 Å². The number of halogens is 6. The van der Waals surface area contributed by atoms with Crippen molar-refractivity contribution in [3.05, 3.63) is 230 Å². The average molecular weight is 1050 g/mol. The van der Waals surface area contributed by atoms with Crippen molar-refractivity contribution in [2.24, 2.45) is 8.80 Å². The Bertz CT molecular complexity index is 3020. The zero-order valence-corrected chi connectivity index (χ0v) is 39.6. The molecular formula is C50H36F6N4O7S4. The molecule has 2 aromatic heterocycles. The maximum atomic E-state index is 11.9. The van der Waals surface area contributed by atoms with Crippen LogP contribution in [0.3, 0.4) is 0 Å². The minimum atomic E-state index is -5.80. The minimum Gasteiger partial charge on any atom is -0.858 e. The molecule has 21 heteroatoms. The number of para-hydroxylation sites is 2. The number of sulfonamides is 2. The van der Waals surface area contributed by atoms with E-state index in [1.54, 1.807) is 0 Å². The second-order valence-electron chi connectivity index (χ2n) is 14.0. The van der Waals surface area contributed by atoms with E-state index in [0.717, 1.165) is 36.0 Å². The maximum Gasteiger partial charge on any atom is 0.518 e. The molecule has 8 aromatic rings. The fraction of sp³-hybridized carbons (Fsp3) is 0.0400. The first-order chi connectivity index (χ1) is 33.9. The van der Waals surface area contributed by atoms with Crippen molar-refractivity contribution in [2.45, 2.75) is 40.4 Å². The molecule has 9 rings (SSSR count). The Kier molecular flexibility index (Phi) is 17.8. The fourth-order valence-electron chi connectivity index (χ4n) is 5.94. The van der Waals surface area contributed by atoms with Crippen molar-refractivity contribution < 1.29 is 58.1 Å². The first-order valence-electron chi connectivity index (χ1n) is 20.4. The van der Waals surface area contributed by atoms with Gasteiger partial charge in [0.05, 0.1) is 10.9 Å². The molecule has 0 saturated carbocycles. The molecule has 0 fully saturated rings. The quantitative estimate of drug-likeness (QED) is 0.0621. The van der Waals surface area contributed by atoms with Crippen LogP contribution in [0.5, 0.6) is 11.5 Å². The van der Waals surface area contributed by atoms with E-state index in [-0.39, 0.29) is 32.9 Å². The van der Waals surface area contributed by atoms with E-state index in [1.807, 2.05) is 24.3 Å². The Hall–Kier alpha value is -7.46. The van der Waals surface area contributed by atoms with Crippen LogP contribution in [0, 0.1) is 0 Å². The number of aromatic nitrogens is 2. The molecule has 0 bridgehead atoms. The summed E-state index contributed by atoms with van der Waals surface area (Å²) in [5.74, 6) is -1.08. The minimum absolute atomic E-state index is 0.0146. The van der Waals surface area contributed by atoms with Gasteiger partial charge in [-0.25, -0.2) is 0 Å². The molecule has 0 unspecified atom stereocenters. The molecule has 0 amide bonds. The zero-order chi connectivity index (χ0) is 51.1. The molecule has 0 N–H and O–H groups in total. The standard InChI is InChI=1S/C18H13OS.C18H15S.2C7H5F3N2O3S/c1-2-8-14(9-3-1)20-17-12-6-4-10-15(17)19-16-11-5-7-13-18(16)20;1-4-10-16(11-5-1)19(17-12-6-2-7-13-17)18-14-8-3-9-15-18;2*8-7(9,10)16(14,15)12-6(13)5-2-1-3-11-4-5/h1-13H;1-15H;2*1-4H,(H,12,13)/q2*+1;;/p-2. The van der Waals surface area contributed by atoms with E-state index < -0.39 is 42.9 Å². The highest BCUT2D eigenvalue weighted by Gasteiger charge is 2.46. The van der Waals surface area contributed by atoms with Gasteiger partial charge in [-0.15, -0.1) is 0 Å². The Labute approximate surface area is 410 Å². The fourth-order valence-corrected chi connectivity index (χ4v) is 11.1. The number of alkyl halides is 6. The van der Waals surface area contributed by atoms with Crippen molar-refractivity contribution in [2.75, 3.05) is 0 Å². The molecular weight excluding hydrogens is 1010 g/mol. The lowest BCUT2D eigenvalue weighted by Crippen LogP contribution is -2.27. The highest BCUT2D eigenvalue weighted by molar-refractivity contribution is 7.97. The van der Waals surface area contributed by atoms with Gasteiger partial charge in [0.25, 0.3) is 0 Å². The first-order valence-corrected chi connectivity index (χ1v) is 25.7. The summed E-state index contributed by atoms with van der Waals surface area (Å²) >= 11 is 0. The van der Waals surface area contributed by atoms with Gasteiger partial charge in [-0.3, -0.25) is 9.97 Å². The Morgan fingerprint density at radius 3 is 1.11 bits per heavy atom. The molecule has 11 nitrogen and oxygen atoms in total. The molecule has 0 saturated heterocycles. The third-order valence-corrected chi connectivity index (χ3v) is 15.6. The molecule has 364 valence electrons. The number of ether oxygens (including phenoxy) is 1. The SMILES string of the molecule is O=S(=O)(N=C([O-])c1cccnc1)C(F)(F)F.O=S(=O)(N=C([O-])c1cccnc1)C(F)(F)F.c1ccc([S+](c2ccccc2)c2ccccc2)cc1.c1ccc([S+]2c3ccccc3Oc3ccccc32)cc1. The summed E-state index contributed by atoms with van der Waals surface area (Å²) in [6.07, 6.45) is 4.37. The smallest absolute Gasteiger partial charge is 0.518 e. The van der Waals surface area contributed by atoms with Crippen LogP contribution in [-0.2, 0) is 41.8 Å². The van der Waals surface area contributed by atoms with Crippen molar-refractivity contribution in [1.29, 1.82) is 0 Å². The zero-order valence-electron chi connectivity index (χ0n) is 36.3. The van der Waals surface area contributed by atoms with E-state index in [4.69, 9.17) is 4.74 Å². The van der Waals surface area contributed by atoms with E-state index in [1.165, 1.54) is 53.9 Å². The van der Waals surface area contributed by atoms with E-state index >= 15 is 0 Å². The summed E-state index contributed by atoms with van der Waals surface area (Å²) in [5.41, 5.74) is -11.8. The summed E-state index contributed by atoms with van der Waals surface area (Å²) in [6.45, 7) is 0. The van der Waals surface area contributed by atoms with E-state index in [2.05, 4.69) is 164 Å². The number of pyridine rings is 2. The molecule has 0 aliphatic carbocycles. The number of hydrogen-bond acceptors (Lipinski definition) is 9. The lowest BCUT2D eigenvalue weighted by molar-refractivity contribution is -0.213. The Morgan fingerprint density at radius 2 is 0.789 bits per heavy atom. The van der Waals surface area contributed by atoms with Crippen LogP contribution in [0.25, 0.3) is 0 Å². The summed E-state index contributed by atoms with van der Waals surface area (Å²) < 4.78 is 123. The van der Waals surface area contributed by atoms with Crippen molar-refractivity contribution in [3.8, 4) is 11.5 Å². The van der Waals surface area contributed by atoms with Crippen LogP contribution in [0.15, 0.2) is 257 Å². The predicted molar refractivity (Wildman–Crippen MR) is 255 cm³/mol. The van der Waals surface area contributed by atoms with E-state index in [0.29, 0.717) is 0 Å². The van der Waals surface area contributed by atoms with Crippen molar-refractivity contribution in [1.82, 2.24) is 9.97 Å². The lowest BCUT2D eigenvalue weighted by atomic mass is 10.3. The molecule has 0 atom stereocenters. The Morgan fingerprint density at radius 1 is 0.465 bits per heavy atom. The van der Waals surface area contributed by atoms with Crippen LogP contribution in [0.4, 0.5) is 26.3 Å². The van der Waals surface area contributed by atoms with Gasteiger partial charge in [0.1, 0.15) is 10.9 Å². The molecule has 71 heavy (non-hydrogen) atoms. The van der Waals surface area contributed by atoms with Crippen LogP contribution < -0.4 is 14.9 Å². The summed E-state index contributed by atoms with van der Waals surface area (Å²) in [4.78, 5) is 14.8. The topological polar surface area (TPSA) is 174 Å². The molecule has 6 aromatic carbocycles. The largest absolute Gasteiger partial charge is 0.858 e. The number of rotatable bonds is 8. The number of benzene rings is 6. The normalized spacial score (nSPS) is 12.8. The molecule has 3 heterocycles. The second-order valence-corrected chi connectivity index (χ2v) is 21.2. The van der Waals surface area contributed by atoms with E-state index in [9.17, 15) is 53.4 Å². The highest BCUT2D eigenvalue weighted by atomic mass is 32.2. The number of nitrogens with zero attached hydrogens (tertiary/aromatic N) is 4. The van der Waals surface area contributed by atoms with Crippen LogP contribution in [-0.4, -0.2) is 49.6 Å². The molecule has 1 aliphatic rings. The van der Waals surface area contributed by atoms with Gasteiger partial charge in [0.2, 0.25) is 9.79 Å². The van der Waals surface area contributed by atoms with Crippen molar-refractivity contribution in [3.63, 3.8) is 0 Å². The van der Waals surface area contributed by atoms with Gasteiger partial charge in [-0.05, 0) is 84.9 Å². The number of hydrogen-bond donors (Lipinski definition) is 0. The third-order valence-electron chi connectivity index (χ3n) is 9.08. The third kappa shape index (κ3) is 14.3. The summed E-state index contributed by atoms with van der Waals surface area (Å²) in [5, 5.41) is 22.0. The van der Waals surface area contributed by atoms with Gasteiger partial charge in [0.15, 0.2) is 31.1 Å². The molecule has 0 radical (unpaired) electrons. The van der Waals surface area contributed by atoms with Gasteiger partial charge < -0.3 is 14.9 Å². The van der Waals surface area contributed by atoms with Crippen LogP contribution >= 0.6 is 0 Å². The first kappa shape index (κ1) is 52.9. The van der Waals surface area contributed by atoms with Gasteiger partial charge >= 0.3 is 31.1 Å². The second kappa shape index (κ2) is 23.9. The van der Waals surface area contributed by atoms with Gasteiger partial charge in [0, 0.05) is 47.7 Å². The number of fused-ring (bicyclic) bond motifs is 2. The van der Waals surface area contributed by atoms with Crippen LogP contribution in [0.2, 0.25) is 0 Å². The van der Waals surface area contributed by atoms with Gasteiger partial charge in [-0.1, -0.05) is 109 Å². The van der Waals surface area contributed by atoms with Crippen molar-refractivity contribution >= 4 is 53.6 Å². The maximum absolute atomic E-state index is 11.9. The molecule has 0 spiro atoms. The predicted octanol–water partition coefficient (Wildman–Crippen LogP) is 9.75. The molecule has 1 aliphatic heterocycles. The average Bonchev–Trinajstić information content (AvgIpc) is 3.37. The van der Waals surface area contributed by atoms with Gasteiger partial charge in [-0.2, -0.15) is 52.0 Å². The lowest BCUT2D eigenvalue weighted by Gasteiger charge is -2.19. The summed E-state index contributed by atoms with van der Waals surface area (Å²) in [7, 11) is -11.7. The Balaban J connectivity index is 0.000000156. The highest BCUT2D eigenvalue weighted by Crippen LogP contribution is 2.46. The summed E-state index contributed by atoms with van der Waals surface area (Å²) in [6, 6.07) is 64.2.